The van der Waals surface area contributed by atoms with E-state index in [1.54, 1.807) is 0 Å². The van der Waals surface area contributed by atoms with Gasteiger partial charge in [-0.2, -0.15) is 0 Å². The topological polar surface area (TPSA) is 12.5 Å². The van der Waals surface area contributed by atoms with Crippen LogP contribution in [0.5, 0.6) is 0 Å². The highest BCUT2D eigenvalue weighted by atomic mass is 35.5. The molecule has 0 aromatic heterocycles. The minimum atomic E-state index is 0.0827. The number of anilines is 1. The van der Waals surface area contributed by atoms with Gasteiger partial charge >= 0.3 is 0 Å². The van der Waals surface area contributed by atoms with Crippen LogP contribution in [0.1, 0.15) is 26.3 Å². The van der Waals surface area contributed by atoms with Crippen LogP contribution >= 0.6 is 11.6 Å². The van der Waals surface area contributed by atoms with Crippen molar-refractivity contribution in [1.29, 1.82) is 0 Å². The molecule has 0 unspecified atom stereocenters. The van der Waals surface area contributed by atoms with Crippen LogP contribution in [0.15, 0.2) is 18.2 Å². The molecule has 17 heavy (non-hydrogen) atoms. The lowest BCUT2D eigenvalue weighted by atomic mass is 9.86. The van der Waals surface area contributed by atoms with E-state index < -0.39 is 0 Å². The van der Waals surface area contributed by atoms with Gasteiger partial charge in [-0.25, -0.2) is 0 Å². The van der Waals surface area contributed by atoms with Gasteiger partial charge in [0.1, 0.15) is 0 Å². The molecule has 1 fully saturated rings. The standard InChI is InChI=1S/C14H20ClNO/c1-14(2,3)12-10-11(4-5-13(12)15)16-6-8-17-9-7-16/h4-5,10H,6-9H2,1-3H3. The maximum Gasteiger partial charge on any atom is 0.0642 e. The Morgan fingerprint density at radius 3 is 2.41 bits per heavy atom. The normalized spacial score (nSPS) is 17.3. The summed E-state index contributed by atoms with van der Waals surface area (Å²) in [5.41, 5.74) is 2.55. The molecule has 2 rings (SSSR count). The molecule has 0 radical (unpaired) electrons. The molecule has 0 aliphatic carbocycles. The smallest absolute Gasteiger partial charge is 0.0642 e. The van der Waals surface area contributed by atoms with Crippen LogP contribution in [0.3, 0.4) is 0 Å². The summed E-state index contributed by atoms with van der Waals surface area (Å²) in [4.78, 5) is 2.36. The zero-order chi connectivity index (χ0) is 12.5. The van der Waals surface area contributed by atoms with Crippen molar-refractivity contribution >= 4 is 17.3 Å². The van der Waals surface area contributed by atoms with Crippen molar-refractivity contribution < 1.29 is 4.74 Å². The van der Waals surface area contributed by atoms with Crippen molar-refractivity contribution in [2.24, 2.45) is 0 Å². The quantitative estimate of drug-likeness (QED) is 0.760. The molecule has 1 aliphatic heterocycles. The predicted octanol–water partition coefficient (Wildman–Crippen LogP) is 3.47. The first kappa shape index (κ1) is 12.7. The summed E-state index contributed by atoms with van der Waals surface area (Å²) in [6, 6.07) is 6.32. The third-order valence-corrected chi connectivity index (χ3v) is 3.46. The minimum Gasteiger partial charge on any atom is -0.378 e. The number of rotatable bonds is 1. The van der Waals surface area contributed by atoms with Crippen LogP contribution < -0.4 is 4.90 Å². The molecule has 1 aliphatic rings. The van der Waals surface area contributed by atoms with Gasteiger partial charge in [0.05, 0.1) is 13.2 Å². The Bertz CT molecular complexity index is 392. The van der Waals surface area contributed by atoms with Gasteiger partial charge in [0, 0.05) is 23.8 Å². The Labute approximate surface area is 109 Å². The van der Waals surface area contributed by atoms with Crippen LogP contribution in [0.4, 0.5) is 5.69 Å². The van der Waals surface area contributed by atoms with Crippen molar-refractivity contribution in [3.8, 4) is 0 Å². The molecule has 0 spiro atoms. The number of halogens is 1. The largest absolute Gasteiger partial charge is 0.378 e. The van der Waals surface area contributed by atoms with E-state index in [-0.39, 0.29) is 5.41 Å². The summed E-state index contributed by atoms with van der Waals surface area (Å²) in [5, 5.41) is 0.856. The Morgan fingerprint density at radius 1 is 1.18 bits per heavy atom. The maximum absolute atomic E-state index is 6.28. The number of benzene rings is 1. The molecule has 1 aromatic rings. The van der Waals surface area contributed by atoms with E-state index in [2.05, 4.69) is 37.8 Å². The van der Waals surface area contributed by atoms with Crippen molar-refractivity contribution in [1.82, 2.24) is 0 Å². The van der Waals surface area contributed by atoms with Crippen LogP contribution in [-0.2, 0) is 10.2 Å². The van der Waals surface area contributed by atoms with Crippen LogP contribution in [0, 0.1) is 0 Å². The summed E-state index contributed by atoms with van der Waals surface area (Å²) in [7, 11) is 0. The summed E-state index contributed by atoms with van der Waals surface area (Å²) < 4.78 is 5.37. The van der Waals surface area contributed by atoms with E-state index >= 15 is 0 Å². The summed E-state index contributed by atoms with van der Waals surface area (Å²) >= 11 is 6.28. The first-order valence-corrected chi connectivity index (χ1v) is 6.49. The Morgan fingerprint density at radius 2 is 1.82 bits per heavy atom. The van der Waals surface area contributed by atoms with Gasteiger partial charge in [-0.1, -0.05) is 32.4 Å². The molecule has 1 saturated heterocycles. The average molecular weight is 254 g/mol. The van der Waals surface area contributed by atoms with Crippen molar-refractivity contribution in [2.75, 3.05) is 31.2 Å². The highest BCUT2D eigenvalue weighted by molar-refractivity contribution is 6.31. The fourth-order valence-electron chi connectivity index (χ4n) is 2.11. The fraction of sp³-hybridized carbons (Fsp3) is 0.571. The lowest BCUT2D eigenvalue weighted by molar-refractivity contribution is 0.122. The van der Waals surface area contributed by atoms with Crippen molar-refractivity contribution in [3.63, 3.8) is 0 Å². The summed E-state index contributed by atoms with van der Waals surface area (Å²) in [5.74, 6) is 0. The molecule has 0 amide bonds. The Kier molecular flexibility index (Phi) is 3.64. The number of hydrogen-bond donors (Lipinski definition) is 0. The van der Waals surface area contributed by atoms with E-state index in [1.165, 1.54) is 11.3 Å². The Hall–Kier alpha value is -0.730. The third-order valence-electron chi connectivity index (χ3n) is 3.13. The molecule has 94 valence electrons. The van der Waals surface area contributed by atoms with Gasteiger partial charge in [0.25, 0.3) is 0 Å². The predicted molar refractivity (Wildman–Crippen MR) is 73.2 cm³/mol. The molecule has 1 aromatic carbocycles. The average Bonchev–Trinajstić information content (AvgIpc) is 2.29. The minimum absolute atomic E-state index is 0.0827. The second kappa shape index (κ2) is 4.87. The number of nitrogens with zero attached hydrogens (tertiary/aromatic N) is 1. The van der Waals surface area contributed by atoms with E-state index in [1.807, 2.05) is 6.07 Å². The van der Waals surface area contributed by atoms with E-state index in [0.29, 0.717) is 0 Å². The molecule has 1 heterocycles. The molecule has 3 heteroatoms. The lowest BCUT2D eigenvalue weighted by Crippen LogP contribution is -2.36. The van der Waals surface area contributed by atoms with Gasteiger partial charge < -0.3 is 9.64 Å². The SMILES string of the molecule is CC(C)(C)c1cc(N2CCOCC2)ccc1Cl. The van der Waals surface area contributed by atoms with Gasteiger partial charge in [0.15, 0.2) is 0 Å². The molecule has 0 atom stereocenters. The molecular weight excluding hydrogens is 234 g/mol. The molecule has 0 bridgehead atoms. The van der Waals surface area contributed by atoms with Crippen molar-refractivity contribution in [3.05, 3.63) is 28.8 Å². The van der Waals surface area contributed by atoms with Crippen LogP contribution in [0.25, 0.3) is 0 Å². The second-order valence-corrected chi connectivity index (χ2v) is 5.92. The van der Waals surface area contributed by atoms with Gasteiger partial charge in [-0.3, -0.25) is 0 Å². The molecular formula is C14H20ClNO. The monoisotopic (exact) mass is 253 g/mol. The van der Waals surface area contributed by atoms with E-state index in [9.17, 15) is 0 Å². The molecule has 2 nitrogen and oxygen atoms in total. The van der Waals surface area contributed by atoms with Crippen molar-refractivity contribution in [2.45, 2.75) is 26.2 Å². The zero-order valence-corrected chi connectivity index (χ0v) is 11.5. The van der Waals surface area contributed by atoms with Gasteiger partial charge in [0.2, 0.25) is 0 Å². The number of ether oxygens (including phenoxy) is 1. The van der Waals surface area contributed by atoms with E-state index in [4.69, 9.17) is 16.3 Å². The molecule has 0 N–H and O–H groups in total. The van der Waals surface area contributed by atoms with Gasteiger partial charge in [-0.05, 0) is 29.2 Å². The second-order valence-electron chi connectivity index (χ2n) is 5.51. The summed E-state index contributed by atoms with van der Waals surface area (Å²) in [6.45, 7) is 10.1. The van der Waals surface area contributed by atoms with Gasteiger partial charge in [-0.15, -0.1) is 0 Å². The highest BCUT2D eigenvalue weighted by Gasteiger charge is 2.19. The number of hydrogen-bond acceptors (Lipinski definition) is 2. The van der Waals surface area contributed by atoms with E-state index in [0.717, 1.165) is 31.3 Å². The highest BCUT2D eigenvalue weighted by Crippen LogP contribution is 2.32. The fourth-order valence-corrected chi connectivity index (χ4v) is 2.51. The first-order valence-electron chi connectivity index (χ1n) is 6.11. The first-order chi connectivity index (χ1) is 7.98. The molecule has 0 saturated carbocycles. The summed E-state index contributed by atoms with van der Waals surface area (Å²) in [6.07, 6.45) is 0. The lowest BCUT2D eigenvalue weighted by Gasteiger charge is -2.30. The van der Waals surface area contributed by atoms with Crippen LogP contribution in [0.2, 0.25) is 5.02 Å². The Balaban J connectivity index is 2.30. The van der Waals surface area contributed by atoms with Crippen LogP contribution in [-0.4, -0.2) is 26.3 Å². The zero-order valence-electron chi connectivity index (χ0n) is 10.8. The number of morpholine rings is 1. The third kappa shape index (κ3) is 2.93. The maximum atomic E-state index is 6.28.